The Kier molecular flexibility index (Phi) is 8.44. The second-order valence-corrected chi connectivity index (χ2v) is 5.99. The number of ether oxygens (including phenoxy) is 5. The highest BCUT2D eigenvalue weighted by Crippen LogP contribution is 2.38. The number of benzene rings is 2. The molecular formula is C22H23NO8. The lowest BCUT2D eigenvalue weighted by Gasteiger charge is -2.12. The SMILES string of the molecule is COC(=O)c1ccccc1NC(=O)COC(=O)/C=C/c1cc(OC)c(OC)c(OC)c1. The first-order valence-corrected chi connectivity index (χ1v) is 9.05. The Balaban J connectivity index is 1.99. The van der Waals surface area contributed by atoms with E-state index in [1.54, 1.807) is 24.3 Å². The number of methoxy groups -OCH3 is 4. The van der Waals surface area contributed by atoms with Crippen molar-refractivity contribution in [3.05, 3.63) is 53.6 Å². The van der Waals surface area contributed by atoms with E-state index in [2.05, 4.69) is 10.1 Å². The van der Waals surface area contributed by atoms with Gasteiger partial charge in [0, 0.05) is 6.08 Å². The van der Waals surface area contributed by atoms with E-state index in [0.717, 1.165) is 6.08 Å². The fourth-order valence-electron chi connectivity index (χ4n) is 2.61. The number of anilines is 1. The van der Waals surface area contributed by atoms with Gasteiger partial charge in [-0.25, -0.2) is 9.59 Å². The first kappa shape index (κ1) is 23.3. The maximum absolute atomic E-state index is 12.1. The quantitative estimate of drug-likeness (QED) is 0.479. The van der Waals surface area contributed by atoms with Crippen LogP contribution >= 0.6 is 0 Å². The van der Waals surface area contributed by atoms with Crippen LogP contribution < -0.4 is 19.5 Å². The Hall–Kier alpha value is -4.01. The number of hydrogen-bond donors (Lipinski definition) is 1. The fraction of sp³-hybridized carbons (Fsp3) is 0.227. The van der Waals surface area contributed by atoms with E-state index < -0.39 is 24.5 Å². The summed E-state index contributed by atoms with van der Waals surface area (Å²) in [6.07, 6.45) is 2.65. The van der Waals surface area contributed by atoms with Gasteiger partial charge in [-0.3, -0.25) is 4.79 Å². The van der Waals surface area contributed by atoms with Crippen molar-refractivity contribution in [2.45, 2.75) is 0 Å². The van der Waals surface area contributed by atoms with Crippen molar-refractivity contribution in [2.75, 3.05) is 40.4 Å². The molecule has 2 aromatic carbocycles. The Morgan fingerprint density at radius 1 is 0.935 bits per heavy atom. The molecule has 0 spiro atoms. The lowest BCUT2D eigenvalue weighted by Crippen LogP contribution is -2.21. The average Bonchev–Trinajstić information content (AvgIpc) is 2.80. The molecule has 0 saturated carbocycles. The van der Waals surface area contributed by atoms with E-state index in [4.69, 9.17) is 18.9 Å². The van der Waals surface area contributed by atoms with Gasteiger partial charge in [0.1, 0.15) is 0 Å². The summed E-state index contributed by atoms with van der Waals surface area (Å²) in [7, 11) is 5.69. The van der Waals surface area contributed by atoms with Crippen LogP contribution in [0.3, 0.4) is 0 Å². The Morgan fingerprint density at radius 2 is 1.58 bits per heavy atom. The maximum atomic E-state index is 12.1. The van der Waals surface area contributed by atoms with Crippen LogP contribution in [0, 0.1) is 0 Å². The third-order valence-electron chi connectivity index (χ3n) is 4.05. The lowest BCUT2D eigenvalue weighted by atomic mass is 10.1. The minimum absolute atomic E-state index is 0.187. The lowest BCUT2D eigenvalue weighted by molar-refractivity contribution is -0.142. The van der Waals surface area contributed by atoms with Crippen molar-refractivity contribution in [2.24, 2.45) is 0 Å². The molecule has 31 heavy (non-hydrogen) atoms. The van der Waals surface area contributed by atoms with Crippen molar-refractivity contribution in [3.63, 3.8) is 0 Å². The molecule has 0 bridgehead atoms. The number of esters is 2. The van der Waals surface area contributed by atoms with E-state index in [1.807, 2.05) is 0 Å². The summed E-state index contributed by atoms with van der Waals surface area (Å²) in [4.78, 5) is 35.8. The van der Waals surface area contributed by atoms with Gasteiger partial charge in [-0.2, -0.15) is 0 Å². The van der Waals surface area contributed by atoms with E-state index >= 15 is 0 Å². The molecule has 164 valence electrons. The van der Waals surface area contributed by atoms with Gasteiger partial charge < -0.3 is 29.0 Å². The molecule has 0 unspecified atom stereocenters. The summed E-state index contributed by atoms with van der Waals surface area (Å²) in [5, 5.41) is 2.51. The average molecular weight is 429 g/mol. The Morgan fingerprint density at radius 3 is 2.16 bits per heavy atom. The van der Waals surface area contributed by atoms with E-state index in [9.17, 15) is 14.4 Å². The van der Waals surface area contributed by atoms with Crippen LogP contribution in [-0.4, -0.2) is 52.9 Å². The minimum atomic E-state index is -0.731. The fourth-order valence-corrected chi connectivity index (χ4v) is 2.61. The molecule has 0 atom stereocenters. The minimum Gasteiger partial charge on any atom is -0.493 e. The molecule has 9 nitrogen and oxygen atoms in total. The van der Waals surface area contributed by atoms with Gasteiger partial charge in [-0.1, -0.05) is 12.1 Å². The number of nitrogens with one attached hydrogen (secondary N) is 1. The third kappa shape index (κ3) is 6.23. The molecule has 0 aliphatic rings. The van der Waals surface area contributed by atoms with Gasteiger partial charge in [0.25, 0.3) is 5.91 Å². The van der Waals surface area contributed by atoms with Crippen LogP contribution in [0.5, 0.6) is 17.2 Å². The summed E-state index contributed by atoms with van der Waals surface area (Å²) in [6.45, 7) is -0.534. The molecule has 2 rings (SSSR count). The van der Waals surface area contributed by atoms with Crippen LogP contribution in [0.4, 0.5) is 5.69 Å². The second kappa shape index (κ2) is 11.2. The molecule has 1 N–H and O–H groups in total. The molecular weight excluding hydrogens is 406 g/mol. The highest BCUT2D eigenvalue weighted by molar-refractivity contribution is 6.02. The molecule has 0 aromatic heterocycles. The monoisotopic (exact) mass is 429 g/mol. The number of rotatable bonds is 9. The number of carbonyl (C=O) groups excluding carboxylic acids is 3. The van der Waals surface area contributed by atoms with Crippen LogP contribution in [0.1, 0.15) is 15.9 Å². The second-order valence-electron chi connectivity index (χ2n) is 5.99. The summed E-state index contributed by atoms with van der Waals surface area (Å²) in [5.41, 5.74) is 1.04. The van der Waals surface area contributed by atoms with Crippen molar-refractivity contribution in [1.29, 1.82) is 0 Å². The normalized spacial score (nSPS) is 10.3. The molecule has 0 aliphatic heterocycles. The Labute approximate surface area is 179 Å². The van der Waals surface area contributed by atoms with Crippen LogP contribution in [0.2, 0.25) is 0 Å². The smallest absolute Gasteiger partial charge is 0.339 e. The number of hydrogen-bond acceptors (Lipinski definition) is 8. The van der Waals surface area contributed by atoms with Crippen LogP contribution in [0.25, 0.3) is 6.08 Å². The first-order valence-electron chi connectivity index (χ1n) is 9.05. The third-order valence-corrected chi connectivity index (χ3v) is 4.05. The summed E-state index contributed by atoms with van der Waals surface area (Å²) in [6, 6.07) is 9.64. The van der Waals surface area contributed by atoms with Crippen molar-refractivity contribution < 1.29 is 38.1 Å². The van der Waals surface area contributed by atoms with Gasteiger partial charge >= 0.3 is 11.9 Å². The van der Waals surface area contributed by atoms with Crippen LogP contribution in [-0.2, 0) is 19.1 Å². The van der Waals surface area contributed by atoms with Crippen LogP contribution in [0.15, 0.2) is 42.5 Å². The molecule has 1 amide bonds. The Bertz CT molecular complexity index is 958. The van der Waals surface area contributed by atoms with Gasteiger partial charge in [-0.05, 0) is 35.9 Å². The molecule has 0 heterocycles. The largest absolute Gasteiger partial charge is 0.493 e. The number of amides is 1. The van der Waals surface area contributed by atoms with Gasteiger partial charge in [-0.15, -0.1) is 0 Å². The number of para-hydroxylation sites is 1. The first-order chi connectivity index (χ1) is 14.9. The molecule has 0 radical (unpaired) electrons. The zero-order valence-electron chi connectivity index (χ0n) is 17.6. The molecule has 0 saturated heterocycles. The van der Waals surface area contributed by atoms with Crippen molar-refractivity contribution in [1.82, 2.24) is 0 Å². The predicted molar refractivity (Wildman–Crippen MR) is 113 cm³/mol. The van der Waals surface area contributed by atoms with E-state index in [0.29, 0.717) is 22.8 Å². The predicted octanol–water partition coefficient (Wildman–Crippen LogP) is 2.69. The van der Waals surface area contributed by atoms with Crippen molar-refractivity contribution >= 4 is 29.6 Å². The standard InChI is InChI=1S/C22H23NO8/c1-27-17-11-14(12-18(28-2)21(17)29-3)9-10-20(25)31-13-19(24)23-16-8-6-5-7-15(16)22(26)30-4/h5-12H,13H2,1-4H3,(H,23,24)/b10-9+. The molecule has 0 aliphatic carbocycles. The van der Waals surface area contributed by atoms with Gasteiger partial charge in [0.15, 0.2) is 18.1 Å². The van der Waals surface area contributed by atoms with Crippen molar-refractivity contribution in [3.8, 4) is 17.2 Å². The maximum Gasteiger partial charge on any atom is 0.339 e. The zero-order valence-corrected chi connectivity index (χ0v) is 17.6. The topological polar surface area (TPSA) is 109 Å². The molecule has 0 fully saturated rings. The van der Waals surface area contributed by atoms with Gasteiger partial charge in [0.05, 0.1) is 39.7 Å². The molecule has 2 aromatic rings. The summed E-state index contributed by atoms with van der Waals surface area (Å²) in [5.74, 6) is -0.650. The summed E-state index contributed by atoms with van der Waals surface area (Å²) >= 11 is 0. The zero-order chi connectivity index (χ0) is 22.8. The highest BCUT2D eigenvalue weighted by Gasteiger charge is 2.15. The van der Waals surface area contributed by atoms with E-state index in [-0.39, 0.29) is 11.3 Å². The number of carbonyl (C=O) groups is 3. The van der Waals surface area contributed by atoms with E-state index in [1.165, 1.54) is 46.6 Å². The van der Waals surface area contributed by atoms with Gasteiger partial charge in [0.2, 0.25) is 5.75 Å². The summed E-state index contributed by atoms with van der Waals surface area (Å²) < 4.78 is 25.4. The highest BCUT2D eigenvalue weighted by atomic mass is 16.5. The molecule has 9 heteroatoms.